The lowest BCUT2D eigenvalue weighted by Gasteiger charge is -2.34. The van der Waals surface area contributed by atoms with Crippen molar-refractivity contribution in [3.05, 3.63) is 17.0 Å². The molecule has 3 atom stereocenters. The Morgan fingerprint density at radius 1 is 1.26 bits per heavy atom. The predicted octanol–water partition coefficient (Wildman–Crippen LogP) is 1.78. The van der Waals surface area contributed by atoms with E-state index in [0.29, 0.717) is 31.3 Å². The standard InChI is InChI=1S/C16H30N4O2S/c1-11-7-12(2)10-20(9-11)23(21,22)18-13(3)8-16-14(4)17-19(6)15(16)5/h11-13,18H,7-10H2,1-6H3/t11-,12-,13+/m1/s1. The van der Waals surface area contributed by atoms with Gasteiger partial charge >= 0.3 is 0 Å². The minimum absolute atomic E-state index is 0.158. The van der Waals surface area contributed by atoms with Crippen molar-refractivity contribution in [3.8, 4) is 0 Å². The number of rotatable bonds is 5. The summed E-state index contributed by atoms with van der Waals surface area (Å²) in [5, 5.41) is 4.40. The Bertz CT molecular complexity index is 643. The second-order valence-electron chi connectivity index (χ2n) is 7.26. The zero-order chi connectivity index (χ0) is 17.4. The number of aryl methyl sites for hydroxylation is 2. The molecule has 1 aliphatic heterocycles. The highest BCUT2D eigenvalue weighted by Gasteiger charge is 2.31. The molecular formula is C16H30N4O2S. The summed E-state index contributed by atoms with van der Waals surface area (Å²) < 4.78 is 31.6. The van der Waals surface area contributed by atoms with Crippen molar-refractivity contribution in [3.63, 3.8) is 0 Å². The van der Waals surface area contributed by atoms with Crippen LogP contribution in [0.25, 0.3) is 0 Å². The lowest BCUT2D eigenvalue weighted by atomic mass is 9.94. The van der Waals surface area contributed by atoms with Crippen LogP contribution in [0.5, 0.6) is 0 Å². The Labute approximate surface area is 140 Å². The summed E-state index contributed by atoms with van der Waals surface area (Å²) in [6, 6.07) is -0.158. The van der Waals surface area contributed by atoms with E-state index in [2.05, 4.69) is 23.7 Å². The molecule has 132 valence electrons. The van der Waals surface area contributed by atoms with Gasteiger partial charge in [-0.3, -0.25) is 4.68 Å². The van der Waals surface area contributed by atoms with Crippen LogP contribution >= 0.6 is 0 Å². The molecule has 1 aliphatic rings. The van der Waals surface area contributed by atoms with Crippen LogP contribution in [0.4, 0.5) is 0 Å². The van der Waals surface area contributed by atoms with Gasteiger partial charge < -0.3 is 0 Å². The average molecular weight is 343 g/mol. The Hall–Kier alpha value is -0.920. The van der Waals surface area contributed by atoms with E-state index in [0.717, 1.165) is 23.4 Å². The number of hydrogen-bond donors (Lipinski definition) is 1. The first-order chi connectivity index (χ1) is 10.6. The van der Waals surface area contributed by atoms with Crippen LogP contribution in [0, 0.1) is 25.7 Å². The first kappa shape index (κ1) is 18.4. The predicted molar refractivity (Wildman–Crippen MR) is 92.4 cm³/mol. The third-order valence-electron chi connectivity index (χ3n) is 4.69. The molecule has 2 heterocycles. The van der Waals surface area contributed by atoms with Crippen LogP contribution in [0.1, 0.15) is 44.1 Å². The Morgan fingerprint density at radius 3 is 2.30 bits per heavy atom. The molecule has 1 saturated heterocycles. The second-order valence-corrected chi connectivity index (χ2v) is 8.97. The van der Waals surface area contributed by atoms with E-state index >= 15 is 0 Å². The number of nitrogens with zero attached hydrogens (tertiary/aromatic N) is 3. The maximum absolute atomic E-state index is 12.6. The quantitative estimate of drug-likeness (QED) is 0.887. The van der Waals surface area contributed by atoms with Crippen molar-refractivity contribution in [1.82, 2.24) is 18.8 Å². The maximum Gasteiger partial charge on any atom is 0.279 e. The Morgan fingerprint density at radius 2 is 1.83 bits per heavy atom. The van der Waals surface area contributed by atoms with E-state index in [4.69, 9.17) is 0 Å². The summed E-state index contributed by atoms with van der Waals surface area (Å²) in [6.07, 6.45) is 1.75. The summed E-state index contributed by atoms with van der Waals surface area (Å²) in [7, 11) is -1.52. The molecule has 0 saturated carbocycles. The second kappa shape index (κ2) is 6.91. The van der Waals surface area contributed by atoms with Crippen LogP contribution in [-0.2, 0) is 23.7 Å². The number of piperidine rings is 1. The largest absolute Gasteiger partial charge is 0.279 e. The topological polar surface area (TPSA) is 67.2 Å². The van der Waals surface area contributed by atoms with Crippen molar-refractivity contribution in [2.24, 2.45) is 18.9 Å². The minimum Gasteiger partial charge on any atom is -0.272 e. The van der Waals surface area contributed by atoms with Gasteiger partial charge in [-0.1, -0.05) is 13.8 Å². The maximum atomic E-state index is 12.6. The smallest absolute Gasteiger partial charge is 0.272 e. The summed E-state index contributed by atoms with van der Waals surface area (Å²) in [5.74, 6) is 0.821. The number of hydrogen-bond acceptors (Lipinski definition) is 3. The van der Waals surface area contributed by atoms with Gasteiger partial charge in [0, 0.05) is 31.9 Å². The van der Waals surface area contributed by atoms with Crippen molar-refractivity contribution >= 4 is 10.2 Å². The molecule has 0 amide bonds. The molecule has 23 heavy (non-hydrogen) atoms. The molecule has 2 rings (SSSR count). The minimum atomic E-state index is -3.43. The van der Waals surface area contributed by atoms with E-state index in [1.807, 2.05) is 32.5 Å². The molecule has 0 bridgehead atoms. The zero-order valence-electron chi connectivity index (χ0n) is 15.1. The van der Waals surface area contributed by atoms with E-state index in [1.165, 1.54) is 0 Å². The molecule has 0 spiro atoms. The monoisotopic (exact) mass is 342 g/mol. The zero-order valence-corrected chi connectivity index (χ0v) is 15.9. The van der Waals surface area contributed by atoms with Gasteiger partial charge in [0.2, 0.25) is 0 Å². The molecule has 0 aromatic carbocycles. The van der Waals surface area contributed by atoms with E-state index in [9.17, 15) is 8.42 Å². The van der Waals surface area contributed by atoms with Gasteiger partial charge in [-0.15, -0.1) is 0 Å². The number of nitrogens with one attached hydrogen (secondary N) is 1. The molecular weight excluding hydrogens is 312 g/mol. The average Bonchev–Trinajstić information content (AvgIpc) is 2.63. The van der Waals surface area contributed by atoms with Crippen LogP contribution < -0.4 is 4.72 Å². The SMILES string of the molecule is Cc1nn(C)c(C)c1C[C@H](C)NS(=O)(=O)N1C[C@H](C)C[C@@H](C)C1. The van der Waals surface area contributed by atoms with Gasteiger partial charge in [0.1, 0.15) is 0 Å². The van der Waals surface area contributed by atoms with Crippen molar-refractivity contribution in [2.75, 3.05) is 13.1 Å². The van der Waals surface area contributed by atoms with Crippen molar-refractivity contribution < 1.29 is 8.42 Å². The molecule has 1 aromatic heterocycles. The van der Waals surface area contributed by atoms with Gasteiger partial charge in [0.05, 0.1) is 5.69 Å². The molecule has 7 heteroatoms. The van der Waals surface area contributed by atoms with E-state index < -0.39 is 10.2 Å². The molecule has 0 aliphatic carbocycles. The molecule has 0 radical (unpaired) electrons. The summed E-state index contributed by atoms with van der Waals surface area (Å²) in [6.45, 7) is 11.4. The third-order valence-corrected chi connectivity index (χ3v) is 6.37. The van der Waals surface area contributed by atoms with Gasteiger partial charge in [0.15, 0.2) is 0 Å². The fourth-order valence-corrected chi connectivity index (χ4v) is 5.23. The first-order valence-corrected chi connectivity index (χ1v) is 9.80. The molecule has 1 N–H and O–H groups in total. The fourth-order valence-electron chi connectivity index (χ4n) is 3.59. The van der Waals surface area contributed by atoms with Crippen LogP contribution in [-0.4, -0.2) is 41.6 Å². The van der Waals surface area contributed by atoms with Gasteiger partial charge in [-0.2, -0.15) is 22.5 Å². The van der Waals surface area contributed by atoms with Crippen LogP contribution in [0.2, 0.25) is 0 Å². The Balaban J connectivity index is 2.05. The summed E-state index contributed by atoms with van der Waals surface area (Å²) in [5.41, 5.74) is 3.19. The lowest BCUT2D eigenvalue weighted by Crippen LogP contribution is -2.50. The van der Waals surface area contributed by atoms with Gasteiger partial charge in [-0.25, -0.2) is 0 Å². The Kier molecular flexibility index (Phi) is 5.53. The van der Waals surface area contributed by atoms with E-state index in [-0.39, 0.29) is 6.04 Å². The molecule has 0 unspecified atom stereocenters. The highest BCUT2D eigenvalue weighted by Crippen LogP contribution is 2.23. The summed E-state index contributed by atoms with van der Waals surface area (Å²) in [4.78, 5) is 0. The van der Waals surface area contributed by atoms with Gasteiger partial charge in [0.25, 0.3) is 10.2 Å². The highest BCUT2D eigenvalue weighted by molar-refractivity contribution is 7.87. The fraction of sp³-hybridized carbons (Fsp3) is 0.812. The van der Waals surface area contributed by atoms with Crippen molar-refractivity contribution in [1.29, 1.82) is 0 Å². The highest BCUT2D eigenvalue weighted by atomic mass is 32.2. The van der Waals surface area contributed by atoms with E-state index in [1.54, 1.807) is 4.31 Å². The summed E-state index contributed by atoms with van der Waals surface area (Å²) >= 11 is 0. The lowest BCUT2D eigenvalue weighted by molar-refractivity contribution is 0.220. The third kappa shape index (κ3) is 4.33. The van der Waals surface area contributed by atoms with Crippen LogP contribution in [0.3, 0.4) is 0 Å². The first-order valence-electron chi connectivity index (χ1n) is 8.36. The van der Waals surface area contributed by atoms with Crippen LogP contribution in [0.15, 0.2) is 0 Å². The molecule has 1 aromatic rings. The van der Waals surface area contributed by atoms with Gasteiger partial charge in [-0.05, 0) is 51.0 Å². The molecule has 1 fully saturated rings. The van der Waals surface area contributed by atoms with Crippen molar-refractivity contribution in [2.45, 2.75) is 53.5 Å². The molecule has 6 nitrogen and oxygen atoms in total. The normalized spacial score (nSPS) is 24.8. The number of aromatic nitrogens is 2.